The Labute approximate surface area is 250 Å². The van der Waals surface area contributed by atoms with E-state index in [1.807, 2.05) is 13.8 Å². The summed E-state index contributed by atoms with van der Waals surface area (Å²) in [4.78, 5) is 39.9. The molecule has 0 saturated carbocycles. The number of urea groups is 1. The maximum absolute atomic E-state index is 13.5. The van der Waals surface area contributed by atoms with Gasteiger partial charge in [-0.3, -0.25) is 14.9 Å². The van der Waals surface area contributed by atoms with Crippen molar-refractivity contribution in [3.63, 3.8) is 0 Å². The fraction of sp³-hybridized carbons (Fsp3) is 0.452. The number of carbonyl (C=O) groups excluding carboxylic acids is 3. The van der Waals surface area contributed by atoms with E-state index in [4.69, 9.17) is 18.9 Å². The number of methoxy groups -OCH3 is 1. The number of ether oxygens (including phenoxy) is 4. The van der Waals surface area contributed by atoms with E-state index in [2.05, 4.69) is 28.2 Å². The molecule has 0 unspecified atom stereocenters. The van der Waals surface area contributed by atoms with Gasteiger partial charge in [-0.1, -0.05) is 46.0 Å². The van der Waals surface area contributed by atoms with Gasteiger partial charge in [0.25, 0.3) is 11.8 Å². The van der Waals surface area contributed by atoms with Gasteiger partial charge in [0.05, 0.1) is 37.1 Å². The quantitative estimate of drug-likeness (QED) is 0.120. The van der Waals surface area contributed by atoms with Gasteiger partial charge in [-0.25, -0.2) is 9.69 Å². The molecule has 0 aliphatic carbocycles. The molecule has 0 radical (unpaired) electrons. The first kappa shape index (κ1) is 32.0. The minimum atomic E-state index is -0.851. The second-order valence-electron chi connectivity index (χ2n) is 9.52. The van der Waals surface area contributed by atoms with Crippen molar-refractivity contribution in [2.24, 2.45) is 0 Å². The number of rotatable bonds is 16. The maximum atomic E-state index is 13.5. The van der Waals surface area contributed by atoms with Gasteiger partial charge in [0, 0.05) is 6.07 Å². The van der Waals surface area contributed by atoms with Gasteiger partial charge < -0.3 is 18.9 Å². The number of benzene rings is 2. The number of hydrogen-bond donors (Lipinski definition) is 1. The molecular weight excluding hydrogens is 592 g/mol. The van der Waals surface area contributed by atoms with Gasteiger partial charge in [0.1, 0.15) is 5.57 Å². The summed E-state index contributed by atoms with van der Waals surface area (Å²) < 4.78 is 23.6. The Hall–Kier alpha value is -3.53. The van der Waals surface area contributed by atoms with Crippen molar-refractivity contribution in [1.29, 1.82) is 0 Å². The predicted octanol–water partition coefficient (Wildman–Crippen LogP) is 7.05. The number of hydrogen-bond acceptors (Lipinski definition) is 7. The number of halogens is 1. The van der Waals surface area contributed by atoms with Crippen LogP contribution in [0.4, 0.5) is 10.5 Å². The van der Waals surface area contributed by atoms with Crippen LogP contribution >= 0.6 is 15.9 Å². The normalized spacial score (nSPS) is 14.3. The van der Waals surface area contributed by atoms with Gasteiger partial charge in [-0.05, 0) is 71.6 Å². The lowest BCUT2D eigenvalue weighted by atomic mass is 10.1. The van der Waals surface area contributed by atoms with E-state index >= 15 is 0 Å². The molecule has 2 aromatic rings. The molecule has 0 atom stereocenters. The second kappa shape index (κ2) is 16.0. The predicted molar refractivity (Wildman–Crippen MR) is 162 cm³/mol. The van der Waals surface area contributed by atoms with Crippen LogP contribution in [0.5, 0.6) is 23.0 Å². The molecule has 0 spiro atoms. The number of anilines is 1. The molecule has 1 saturated heterocycles. The Balaban J connectivity index is 1.85. The molecule has 4 amide bonds. The summed E-state index contributed by atoms with van der Waals surface area (Å²) in [6.07, 6.45) is 9.14. The van der Waals surface area contributed by atoms with E-state index in [-0.39, 0.29) is 11.3 Å². The van der Waals surface area contributed by atoms with Gasteiger partial charge in [-0.2, -0.15) is 0 Å². The smallest absolute Gasteiger partial charge is 0.335 e. The number of imide groups is 2. The Morgan fingerprint density at radius 3 is 2.29 bits per heavy atom. The third-order valence-electron chi connectivity index (χ3n) is 6.36. The maximum Gasteiger partial charge on any atom is 0.335 e. The van der Waals surface area contributed by atoms with Gasteiger partial charge in [0.15, 0.2) is 23.0 Å². The Kier molecular flexibility index (Phi) is 12.5. The third-order valence-corrected chi connectivity index (χ3v) is 6.94. The minimum absolute atomic E-state index is 0.204. The van der Waals surface area contributed by atoms with E-state index in [1.165, 1.54) is 44.9 Å². The van der Waals surface area contributed by atoms with Crippen LogP contribution in [-0.4, -0.2) is 44.8 Å². The Morgan fingerprint density at radius 1 is 0.829 bits per heavy atom. The fourth-order valence-electron chi connectivity index (χ4n) is 4.32. The molecule has 3 rings (SSSR count). The van der Waals surface area contributed by atoms with Gasteiger partial charge >= 0.3 is 6.03 Å². The first-order valence-electron chi connectivity index (χ1n) is 14.2. The molecule has 2 aromatic carbocycles. The lowest BCUT2D eigenvalue weighted by molar-refractivity contribution is -0.122. The Morgan fingerprint density at radius 2 is 1.59 bits per heavy atom. The van der Waals surface area contributed by atoms with Crippen LogP contribution in [0, 0.1) is 0 Å². The highest BCUT2D eigenvalue weighted by Crippen LogP contribution is 2.38. The number of amides is 4. The molecule has 222 valence electrons. The molecule has 1 aliphatic rings. The highest BCUT2D eigenvalue weighted by molar-refractivity contribution is 9.10. The molecule has 10 heteroatoms. The molecule has 1 N–H and O–H groups in total. The Bertz CT molecular complexity index is 1260. The highest BCUT2D eigenvalue weighted by Gasteiger charge is 2.37. The summed E-state index contributed by atoms with van der Waals surface area (Å²) in [7, 11) is 1.47. The third kappa shape index (κ3) is 8.48. The highest BCUT2D eigenvalue weighted by atomic mass is 79.9. The van der Waals surface area contributed by atoms with Crippen molar-refractivity contribution in [3.05, 3.63) is 45.9 Å². The lowest BCUT2D eigenvalue weighted by Gasteiger charge is -2.27. The average Bonchev–Trinajstić information content (AvgIpc) is 2.95. The van der Waals surface area contributed by atoms with Crippen LogP contribution in [0.25, 0.3) is 6.08 Å². The summed E-state index contributed by atoms with van der Waals surface area (Å²) >= 11 is 3.56. The number of nitrogens with zero attached hydrogens (tertiary/aromatic N) is 1. The largest absolute Gasteiger partial charge is 0.493 e. The first-order chi connectivity index (χ1) is 19.8. The van der Waals surface area contributed by atoms with Crippen molar-refractivity contribution < 1.29 is 33.3 Å². The van der Waals surface area contributed by atoms with Crippen LogP contribution in [-0.2, 0) is 9.59 Å². The zero-order chi connectivity index (χ0) is 29.8. The van der Waals surface area contributed by atoms with Crippen molar-refractivity contribution in [3.8, 4) is 23.0 Å². The van der Waals surface area contributed by atoms with E-state index in [0.29, 0.717) is 52.9 Å². The number of barbiturate groups is 1. The summed E-state index contributed by atoms with van der Waals surface area (Å²) in [5, 5.41) is 2.25. The second-order valence-corrected chi connectivity index (χ2v) is 10.4. The summed E-state index contributed by atoms with van der Waals surface area (Å²) in [5.74, 6) is 0.354. The molecular formula is C31H39BrN2O7. The summed E-state index contributed by atoms with van der Waals surface area (Å²) in [6.45, 7) is 7.49. The van der Waals surface area contributed by atoms with Crippen molar-refractivity contribution in [2.45, 2.75) is 65.7 Å². The van der Waals surface area contributed by atoms with Crippen LogP contribution in [0.2, 0.25) is 0 Å². The SMILES string of the molecule is CCCCCCCCOc1c(Br)cc(/C=C2/C(=O)NC(=O)N(c3ccc(OCCC)c(OC)c3)C2=O)cc1OCC. The number of unbranched alkanes of at least 4 members (excludes halogenated alkanes) is 5. The first-order valence-corrected chi connectivity index (χ1v) is 14.9. The van der Waals surface area contributed by atoms with Crippen molar-refractivity contribution >= 4 is 45.5 Å². The van der Waals surface area contributed by atoms with E-state index in [1.54, 1.807) is 24.3 Å². The van der Waals surface area contributed by atoms with Crippen LogP contribution in [0.15, 0.2) is 40.4 Å². The zero-order valence-electron chi connectivity index (χ0n) is 24.2. The summed E-state index contributed by atoms with van der Waals surface area (Å²) in [5.41, 5.74) is 0.562. The molecule has 1 heterocycles. The average molecular weight is 632 g/mol. The minimum Gasteiger partial charge on any atom is -0.493 e. The standard InChI is InChI=1S/C31H39BrN2O7/c1-5-8-9-10-11-12-16-41-28-24(32)18-21(19-27(28)39-7-3)17-23-29(35)33-31(37)34(30(23)36)22-13-14-25(40-15-6-2)26(20-22)38-4/h13-14,17-20H,5-12,15-16H2,1-4H3,(H,33,35,37)/b23-17-. The van der Waals surface area contributed by atoms with E-state index in [0.717, 1.165) is 24.2 Å². The molecule has 0 aromatic heterocycles. The lowest BCUT2D eigenvalue weighted by Crippen LogP contribution is -2.54. The van der Waals surface area contributed by atoms with Crippen LogP contribution in [0.1, 0.15) is 71.3 Å². The molecule has 9 nitrogen and oxygen atoms in total. The summed E-state index contributed by atoms with van der Waals surface area (Å²) in [6, 6.07) is 7.32. The number of carbonyl (C=O) groups is 3. The van der Waals surface area contributed by atoms with Crippen molar-refractivity contribution in [2.75, 3.05) is 31.8 Å². The van der Waals surface area contributed by atoms with Crippen molar-refractivity contribution in [1.82, 2.24) is 5.32 Å². The van der Waals surface area contributed by atoms with Gasteiger partial charge in [0.2, 0.25) is 0 Å². The van der Waals surface area contributed by atoms with E-state index in [9.17, 15) is 14.4 Å². The monoisotopic (exact) mass is 630 g/mol. The van der Waals surface area contributed by atoms with Crippen LogP contribution < -0.4 is 29.2 Å². The molecule has 1 aliphatic heterocycles. The topological polar surface area (TPSA) is 103 Å². The molecule has 41 heavy (non-hydrogen) atoms. The van der Waals surface area contributed by atoms with Crippen LogP contribution in [0.3, 0.4) is 0 Å². The van der Waals surface area contributed by atoms with Gasteiger partial charge in [-0.15, -0.1) is 0 Å². The van der Waals surface area contributed by atoms with E-state index < -0.39 is 17.8 Å². The number of nitrogens with one attached hydrogen (secondary N) is 1. The molecule has 0 bridgehead atoms. The fourth-order valence-corrected chi connectivity index (χ4v) is 4.89. The molecule has 1 fully saturated rings. The zero-order valence-corrected chi connectivity index (χ0v) is 25.8.